The highest BCUT2D eigenvalue weighted by Gasteiger charge is 2.24. The summed E-state index contributed by atoms with van der Waals surface area (Å²) in [5.41, 5.74) is -0.970. The molecule has 5 nitrogen and oxygen atoms in total. The van der Waals surface area contributed by atoms with Gasteiger partial charge in [-0.2, -0.15) is 5.26 Å². The number of rotatable bonds is 8. The van der Waals surface area contributed by atoms with Crippen LogP contribution in [0.2, 0.25) is 0 Å². The fourth-order valence-electron chi connectivity index (χ4n) is 1.16. The van der Waals surface area contributed by atoms with Gasteiger partial charge in [-0.25, -0.2) is 13.1 Å². The molecule has 0 amide bonds. The van der Waals surface area contributed by atoms with Crippen molar-refractivity contribution in [1.82, 2.24) is 4.72 Å². The third-order valence-corrected chi connectivity index (χ3v) is 4.05. The second-order valence-electron chi connectivity index (χ2n) is 3.83. The predicted octanol–water partition coefficient (Wildman–Crippen LogP) is 0.761. The van der Waals surface area contributed by atoms with Gasteiger partial charge < -0.3 is 5.11 Å². The van der Waals surface area contributed by atoms with E-state index in [2.05, 4.69) is 4.72 Å². The fourth-order valence-corrected chi connectivity index (χ4v) is 2.32. The van der Waals surface area contributed by atoms with E-state index < -0.39 is 15.6 Å². The lowest BCUT2D eigenvalue weighted by Gasteiger charge is -2.25. The molecular weight excluding hydrogens is 228 g/mol. The maximum atomic E-state index is 11.5. The van der Waals surface area contributed by atoms with E-state index in [1.807, 2.05) is 19.9 Å². The summed E-state index contributed by atoms with van der Waals surface area (Å²) >= 11 is 0. The number of unbranched alkanes of at least 4 members (excludes halogenated alkanes) is 1. The molecule has 0 bridgehead atoms. The van der Waals surface area contributed by atoms with Gasteiger partial charge in [-0.15, -0.1) is 0 Å². The van der Waals surface area contributed by atoms with E-state index in [1.165, 1.54) is 0 Å². The first-order chi connectivity index (χ1) is 7.39. The fraction of sp³-hybridized carbons (Fsp3) is 0.900. The number of hydrogen-bond acceptors (Lipinski definition) is 4. The van der Waals surface area contributed by atoms with E-state index in [-0.39, 0.29) is 18.7 Å². The molecule has 0 aliphatic heterocycles. The molecule has 0 aromatic carbocycles. The molecule has 94 valence electrons. The van der Waals surface area contributed by atoms with E-state index >= 15 is 0 Å². The van der Waals surface area contributed by atoms with Crippen LogP contribution >= 0.6 is 0 Å². The summed E-state index contributed by atoms with van der Waals surface area (Å²) in [5.74, 6) is -0.0654. The standard InChI is InChI=1S/C10H20N2O3S/c1-3-10(13,4-2)9-12-16(14,15)8-6-5-7-11/h12-13H,3-6,8-9H2,1-2H3. The first-order valence-electron chi connectivity index (χ1n) is 5.46. The Kier molecular flexibility index (Phi) is 6.56. The van der Waals surface area contributed by atoms with Crippen LogP contribution in [-0.4, -0.2) is 31.4 Å². The largest absolute Gasteiger partial charge is 0.389 e. The highest BCUT2D eigenvalue weighted by molar-refractivity contribution is 7.89. The molecule has 0 aliphatic rings. The molecule has 0 aromatic heterocycles. The Bertz CT molecular complexity index is 328. The van der Waals surface area contributed by atoms with E-state index in [4.69, 9.17) is 5.26 Å². The van der Waals surface area contributed by atoms with Crippen molar-refractivity contribution < 1.29 is 13.5 Å². The molecule has 0 unspecified atom stereocenters. The maximum Gasteiger partial charge on any atom is 0.211 e. The van der Waals surface area contributed by atoms with Gasteiger partial charge in [0.1, 0.15) is 0 Å². The van der Waals surface area contributed by atoms with Gasteiger partial charge in [-0.3, -0.25) is 0 Å². The summed E-state index contributed by atoms with van der Waals surface area (Å²) < 4.78 is 25.3. The number of aliphatic hydroxyl groups is 1. The van der Waals surface area contributed by atoms with Crippen LogP contribution in [0.25, 0.3) is 0 Å². The Morgan fingerprint density at radius 1 is 1.38 bits per heavy atom. The average Bonchev–Trinajstić information content (AvgIpc) is 2.26. The lowest BCUT2D eigenvalue weighted by atomic mass is 9.98. The molecule has 0 aliphatic carbocycles. The quantitative estimate of drug-likeness (QED) is 0.620. The van der Waals surface area contributed by atoms with Crippen molar-refractivity contribution in [2.75, 3.05) is 12.3 Å². The summed E-state index contributed by atoms with van der Waals surface area (Å²) in [5, 5.41) is 18.2. The van der Waals surface area contributed by atoms with E-state index in [1.54, 1.807) is 0 Å². The Morgan fingerprint density at radius 3 is 2.38 bits per heavy atom. The van der Waals surface area contributed by atoms with Crippen LogP contribution in [0.15, 0.2) is 0 Å². The van der Waals surface area contributed by atoms with E-state index in [9.17, 15) is 13.5 Å². The first-order valence-corrected chi connectivity index (χ1v) is 7.11. The average molecular weight is 248 g/mol. The van der Waals surface area contributed by atoms with E-state index in [0.29, 0.717) is 19.3 Å². The Hall–Kier alpha value is -0.640. The molecular formula is C10H20N2O3S. The molecule has 16 heavy (non-hydrogen) atoms. The van der Waals surface area contributed by atoms with Crippen molar-refractivity contribution in [3.63, 3.8) is 0 Å². The molecule has 6 heteroatoms. The zero-order valence-corrected chi connectivity index (χ0v) is 10.7. The SMILES string of the molecule is CCC(O)(CC)CNS(=O)(=O)CCCC#N. The van der Waals surface area contributed by atoms with Gasteiger partial charge in [0.05, 0.1) is 17.4 Å². The van der Waals surface area contributed by atoms with E-state index in [0.717, 1.165) is 0 Å². The predicted molar refractivity (Wildman–Crippen MR) is 62.2 cm³/mol. The number of nitriles is 1. The highest BCUT2D eigenvalue weighted by Crippen LogP contribution is 2.13. The highest BCUT2D eigenvalue weighted by atomic mass is 32.2. The first kappa shape index (κ1) is 15.4. The third-order valence-electron chi connectivity index (χ3n) is 2.64. The van der Waals surface area contributed by atoms with Gasteiger partial charge in [0, 0.05) is 13.0 Å². The van der Waals surface area contributed by atoms with Crippen LogP contribution in [-0.2, 0) is 10.0 Å². The zero-order chi connectivity index (χ0) is 12.7. The van der Waals surface area contributed by atoms with Gasteiger partial charge in [0.25, 0.3) is 0 Å². The van der Waals surface area contributed by atoms with Crippen LogP contribution in [0.5, 0.6) is 0 Å². The molecule has 0 saturated heterocycles. The topological polar surface area (TPSA) is 90.2 Å². The van der Waals surface area contributed by atoms with Crippen LogP contribution in [0, 0.1) is 11.3 Å². The Labute approximate surface area is 97.5 Å². The van der Waals surface area contributed by atoms with Crippen molar-refractivity contribution in [3.05, 3.63) is 0 Å². The summed E-state index contributed by atoms with van der Waals surface area (Å²) in [6.45, 7) is 3.66. The van der Waals surface area contributed by atoms with Crippen LogP contribution in [0.1, 0.15) is 39.5 Å². The van der Waals surface area contributed by atoms with Gasteiger partial charge >= 0.3 is 0 Å². The zero-order valence-electron chi connectivity index (χ0n) is 9.86. The van der Waals surface area contributed by atoms with Crippen molar-refractivity contribution >= 4 is 10.0 Å². The van der Waals surface area contributed by atoms with Gasteiger partial charge in [0.15, 0.2) is 0 Å². The van der Waals surface area contributed by atoms with Crippen LogP contribution in [0.4, 0.5) is 0 Å². The second-order valence-corrected chi connectivity index (χ2v) is 5.76. The molecule has 0 rings (SSSR count). The van der Waals surface area contributed by atoms with Crippen molar-refractivity contribution in [1.29, 1.82) is 5.26 Å². The molecule has 2 N–H and O–H groups in total. The summed E-state index contributed by atoms with van der Waals surface area (Å²) in [7, 11) is -3.37. The smallest absolute Gasteiger partial charge is 0.211 e. The van der Waals surface area contributed by atoms with Gasteiger partial charge in [-0.1, -0.05) is 13.8 Å². The second kappa shape index (κ2) is 6.84. The number of hydrogen-bond donors (Lipinski definition) is 2. The van der Waals surface area contributed by atoms with Crippen LogP contribution in [0.3, 0.4) is 0 Å². The molecule has 0 saturated carbocycles. The normalized spacial score (nSPS) is 12.4. The lowest BCUT2D eigenvalue weighted by Crippen LogP contribution is -2.42. The van der Waals surface area contributed by atoms with Crippen LogP contribution < -0.4 is 4.72 Å². The minimum Gasteiger partial charge on any atom is -0.389 e. The van der Waals surface area contributed by atoms with Gasteiger partial charge in [0.2, 0.25) is 10.0 Å². The minimum atomic E-state index is -3.37. The monoisotopic (exact) mass is 248 g/mol. The lowest BCUT2D eigenvalue weighted by molar-refractivity contribution is 0.0377. The molecule has 0 spiro atoms. The molecule has 0 aromatic rings. The minimum absolute atomic E-state index is 0.0366. The number of sulfonamides is 1. The number of nitrogens with zero attached hydrogens (tertiary/aromatic N) is 1. The molecule has 0 radical (unpaired) electrons. The Morgan fingerprint density at radius 2 is 1.94 bits per heavy atom. The van der Waals surface area contributed by atoms with Crippen molar-refractivity contribution in [2.45, 2.75) is 45.1 Å². The molecule has 0 heterocycles. The molecule has 0 atom stereocenters. The molecule has 0 fully saturated rings. The third kappa shape index (κ3) is 6.05. The van der Waals surface area contributed by atoms with Crippen molar-refractivity contribution in [2.24, 2.45) is 0 Å². The number of nitrogens with one attached hydrogen (secondary N) is 1. The maximum absolute atomic E-state index is 11.5. The van der Waals surface area contributed by atoms with Gasteiger partial charge in [-0.05, 0) is 19.3 Å². The summed E-state index contributed by atoms with van der Waals surface area (Å²) in [6.07, 6.45) is 1.56. The Balaban J connectivity index is 4.14. The van der Waals surface area contributed by atoms with Crippen molar-refractivity contribution in [3.8, 4) is 6.07 Å². The summed E-state index contributed by atoms with van der Waals surface area (Å²) in [6, 6.07) is 1.89. The summed E-state index contributed by atoms with van der Waals surface area (Å²) in [4.78, 5) is 0.